The summed E-state index contributed by atoms with van der Waals surface area (Å²) in [5.74, 6) is 0. The molecule has 0 aliphatic carbocycles. The Bertz CT molecular complexity index is 425. The normalized spacial score (nSPS) is 10.6. The van der Waals surface area contributed by atoms with Gasteiger partial charge in [0, 0.05) is 35.6 Å². The van der Waals surface area contributed by atoms with Crippen LogP contribution in [0.3, 0.4) is 0 Å². The molecule has 2 aromatic heterocycles. The van der Waals surface area contributed by atoms with Crippen molar-refractivity contribution < 1.29 is 0 Å². The van der Waals surface area contributed by atoms with Gasteiger partial charge < -0.3 is 5.32 Å². The predicted octanol–water partition coefficient (Wildman–Crippen LogP) is 2.70. The molecule has 0 saturated carbocycles. The molecule has 0 spiro atoms. The molecule has 2 heterocycles. The van der Waals surface area contributed by atoms with Crippen LogP contribution >= 0.6 is 11.3 Å². The second-order valence-corrected chi connectivity index (χ2v) is 4.67. The number of hydrogen-bond donors (Lipinski definition) is 1. The first-order valence-electron chi connectivity index (χ1n) is 5.46. The fourth-order valence-electron chi connectivity index (χ4n) is 1.40. The van der Waals surface area contributed by atoms with Gasteiger partial charge in [-0.05, 0) is 25.1 Å². The topological polar surface area (TPSA) is 37.8 Å². The largest absolute Gasteiger partial charge is 0.312 e. The number of aromatic nitrogens is 2. The minimum absolute atomic E-state index is 0.909. The molecule has 0 amide bonds. The SMILES string of the molecule is CCCNCc1cnc(-c2cccnc2)s1. The van der Waals surface area contributed by atoms with Crippen LogP contribution in [0, 0.1) is 0 Å². The molecule has 16 heavy (non-hydrogen) atoms. The van der Waals surface area contributed by atoms with E-state index in [1.807, 2.05) is 24.5 Å². The van der Waals surface area contributed by atoms with Gasteiger partial charge in [-0.3, -0.25) is 4.98 Å². The monoisotopic (exact) mass is 233 g/mol. The van der Waals surface area contributed by atoms with Crippen LogP contribution in [-0.4, -0.2) is 16.5 Å². The predicted molar refractivity (Wildman–Crippen MR) is 67.3 cm³/mol. The third-order valence-corrected chi connectivity index (χ3v) is 3.23. The van der Waals surface area contributed by atoms with E-state index in [1.54, 1.807) is 17.5 Å². The fourth-order valence-corrected chi connectivity index (χ4v) is 2.27. The molecule has 0 bridgehead atoms. The zero-order valence-corrected chi connectivity index (χ0v) is 10.1. The van der Waals surface area contributed by atoms with E-state index in [-0.39, 0.29) is 0 Å². The number of pyridine rings is 1. The van der Waals surface area contributed by atoms with Gasteiger partial charge in [0.1, 0.15) is 5.01 Å². The van der Waals surface area contributed by atoms with Crippen molar-refractivity contribution in [1.29, 1.82) is 0 Å². The lowest BCUT2D eigenvalue weighted by Gasteiger charge is -1.98. The van der Waals surface area contributed by atoms with Crippen molar-refractivity contribution in [2.45, 2.75) is 19.9 Å². The molecule has 84 valence electrons. The Balaban J connectivity index is 2.02. The lowest BCUT2D eigenvalue weighted by molar-refractivity contribution is 0.681. The molecule has 0 atom stereocenters. The summed E-state index contributed by atoms with van der Waals surface area (Å²) in [6.45, 7) is 4.13. The first-order valence-corrected chi connectivity index (χ1v) is 6.27. The highest BCUT2D eigenvalue weighted by molar-refractivity contribution is 7.15. The quantitative estimate of drug-likeness (QED) is 0.807. The summed E-state index contributed by atoms with van der Waals surface area (Å²) < 4.78 is 0. The molecular weight excluding hydrogens is 218 g/mol. The van der Waals surface area contributed by atoms with Crippen LogP contribution in [-0.2, 0) is 6.54 Å². The number of hydrogen-bond acceptors (Lipinski definition) is 4. The third kappa shape index (κ3) is 2.87. The van der Waals surface area contributed by atoms with Crippen LogP contribution in [0.2, 0.25) is 0 Å². The molecule has 0 unspecified atom stereocenters. The molecule has 0 radical (unpaired) electrons. The maximum atomic E-state index is 4.40. The van der Waals surface area contributed by atoms with Crippen LogP contribution < -0.4 is 5.32 Å². The average molecular weight is 233 g/mol. The molecule has 0 saturated heterocycles. The minimum atomic E-state index is 0.909. The molecular formula is C12H15N3S. The smallest absolute Gasteiger partial charge is 0.125 e. The Labute approximate surface area is 99.6 Å². The van der Waals surface area contributed by atoms with Crippen molar-refractivity contribution in [3.8, 4) is 10.6 Å². The molecule has 2 rings (SSSR count). The van der Waals surface area contributed by atoms with E-state index >= 15 is 0 Å². The van der Waals surface area contributed by atoms with E-state index < -0.39 is 0 Å². The van der Waals surface area contributed by atoms with Crippen molar-refractivity contribution in [2.75, 3.05) is 6.54 Å². The van der Waals surface area contributed by atoms with E-state index in [4.69, 9.17) is 0 Å². The minimum Gasteiger partial charge on any atom is -0.312 e. The van der Waals surface area contributed by atoms with Gasteiger partial charge in [-0.15, -0.1) is 11.3 Å². The van der Waals surface area contributed by atoms with E-state index in [0.717, 1.165) is 30.1 Å². The standard InChI is InChI=1S/C12H15N3S/c1-2-5-13-8-11-9-15-12(16-11)10-4-3-6-14-7-10/h3-4,6-7,9,13H,2,5,8H2,1H3. The van der Waals surface area contributed by atoms with Crippen LogP contribution in [0.1, 0.15) is 18.2 Å². The Kier molecular flexibility index (Phi) is 4.02. The molecule has 0 aromatic carbocycles. The van der Waals surface area contributed by atoms with Crippen molar-refractivity contribution in [3.63, 3.8) is 0 Å². The van der Waals surface area contributed by atoms with Gasteiger partial charge in [0.15, 0.2) is 0 Å². The van der Waals surface area contributed by atoms with Crippen molar-refractivity contribution in [1.82, 2.24) is 15.3 Å². The van der Waals surface area contributed by atoms with Gasteiger partial charge in [0.2, 0.25) is 0 Å². The first-order chi connectivity index (χ1) is 7.90. The fraction of sp³-hybridized carbons (Fsp3) is 0.333. The van der Waals surface area contributed by atoms with Crippen molar-refractivity contribution in [3.05, 3.63) is 35.6 Å². The highest BCUT2D eigenvalue weighted by Crippen LogP contribution is 2.23. The van der Waals surface area contributed by atoms with Crippen LogP contribution in [0.5, 0.6) is 0 Å². The highest BCUT2D eigenvalue weighted by atomic mass is 32.1. The maximum Gasteiger partial charge on any atom is 0.125 e. The van der Waals surface area contributed by atoms with Gasteiger partial charge in [-0.25, -0.2) is 4.98 Å². The molecule has 0 aliphatic heterocycles. The van der Waals surface area contributed by atoms with Crippen LogP contribution in [0.15, 0.2) is 30.7 Å². The summed E-state index contributed by atoms with van der Waals surface area (Å²) in [6, 6.07) is 3.97. The summed E-state index contributed by atoms with van der Waals surface area (Å²) in [5, 5.41) is 4.41. The molecule has 0 aliphatic rings. The maximum absolute atomic E-state index is 4.40. The van der Waals surface area contributed by atoms with Gasteiger partial charge in [0.25, 0.3) is 0 Å². The van der Waals surface area contributed by atoms with Crippen molar-refractivity contribution in [2.24, 2.45) is 0 Å². The second-order valence-electron chi connectivity index (χ2n) is 3.55. The van der Waals surface area contributed by atoms with Crippen LogP contribution in [0.25, 0.3) is 10.6 Å². The molecule has 1 N–H and O–H groups in total. The van der Waals surface area contributed by atoms with E-state index in [1.165, 1.54) is 4.88 Å². The third-order valence-electron chi connectivity index (χ3n) is 2.19. The number of thiazole rings is 1. The summed E-state index contributed by atoms with van der Waals surface area (Å²) in [4.78, 5) is 9.77. The molecule has 4 heteroatoms. The lowest BCUT2D eigenvalue weighted by Crippen LogP contribution is -2.12. The van der Waals surface area contributed by atoms with Gasteiger partial charge in [0.05, 0.1) is 0 Å². The highest BCUT2D eigenvalue weighted by Gasteiger charge is 2.03. The zero-order valence-electron chi connectivity index (χ0n) is 9.31. The van der Waals surface area contributed by atoms with Gasteiger partial charge in [-0.2, -0.15) is 0 Å². The summed E-state index contributed by atoms with van der Waals surface area (Å²) in [6.07, 6.45) is 6.73. The zero-order chi connectivity index (χ0) is 11.2. The molecule has 0 fully saturated rings. The van der Waals surface area contributed by atoms with Crippen molar-refractivity contribution >= 4 is 11.3 Å². The van der Waals surface area contributed by atoms with Gasteiger partial charge >= 0.3 is 0 Å². The number of rotatable bonds is 5. The van der Waals surface area contributed by atoms with Crippen LogP contribution in [0.4, 0.5) is 0 Å². The Morgan fingerprint density at radius 1 is 1.38 bits per heavy atom. The Morgan fingerprint density at radius 2 is 2.31 bits per heavy atom. The lowest BCUT2D eigenvalue weighted by atomic mass is 10.3. The van der Waals surface area contributed by atoms with E-state index in [9.17, 15) is 0 Å². The number of nitrogens with zero attached hydrogens (tertiary/aromatic N) is 2. The molecule has 3 nitrogen and oxygen atoms in total. The number of nitrogens with one attached hydrogen (secondary N) is 1. The van der Waals surface area contributed by atoms with E-state index in [0.29, 0.717) is 0 Å². The molecule has 2 aromatic rings. The summed E-state index contributed by atoms with van der Waals surface area (Å²) in [7, 11) is 0. The second kappa shape index (κ2) is 5.72. The first kappa shape index (κ1) is 11.2. The van der Waals surface area contributed by atoms with Gasteiger partial charge in [-0.1, -0.05) is 6.92 Å². The Morgan fingerprint density at radius 3 is 3.06 bits per heavy atom. The summed E-state index contributed by atoms with van der Waals surface area (Å²) in [5.41, 5.74) is 1.09. The Hall–Kier alpha value is -1.26. The van der Waals surface area contributed by atoms with E-state index in [2.05, 4.69) is 22.2 Å². The summed E-state index contributed by atoms with van der Waals surface area (Å²) >= 11 is 1.72. The average Bonchev–Trinajstić information content (AvgIpc) is 2.79.